The van der Waals surface area contributed by atoms with Gasteiger partial charge in [0, 0.05) is 31.7 Å². The second kappa shape index (κ2) is 4.78. The Morgan fingerprint density at radius 3 is 2.78 bits per heavy atom. The lowest BCUT2D eigenvalue weighted by atomic mass is 10.1. The van der Waals surface area contributed by atoms with Gasteiger partial charge >= 0.3 is 0 Å². The maximum Gasteiger partial charge on any atom is 0.157 e. The highest BCUT2D eigenvalue weighted by molar-refractivity contribution is 5.40. The van der Waals surface area contributed by atoms with E-state index < -0.39 is 0 Å². The van der Waals surface area contributed by atoms with Crippen molar-refractivity contribution in [3.05, 3.63) is 23.8 Å². The molecule has 2 atom stereocenters. The molecule has 2 unspecified atom stereocenters. The van der Waals surface area contributed by atoms with E-state index in [0.29, 0.717) is 12.1 Å². The van der Waals surface area contributed by atoms with Crippen LogP contribution in [-0.2, 0) is 6.54 Å². The van der Waals surface area contributed by atoms with Gasteiger partial charge in [-0.2, -0.15) is 0 Å². The first kappa shape index (κ1) is 11.8. The van der Waals surface area contributed by atoms with Crippen LogP contribution >= 0.6 is 0 Å². The van der Waals surface area contributed by atoms with Crippen LogP contribution in [0.15, 0.2) is 18.2 Å². The molecule has 1 aromatic rings. The third-order valence-corrected chi connectivity index (χ3v) is 4.05. The standard InChI is InChI=1S/C14H20N2O2/c17-13-4-1-10(7-14(13)18)8-16-6-5-11-2-3-12(9-16)15-11/h1,4,7,11-12,15,17-18H,2-3,5-6,8-9H2. The number of likely N-dealkylation sites (tertiary alicyclic amines) is 1. The third kappa shape index (κ3) is 2.44. The van der Waals surface area contributed by atoms with Crippen LogP contribution in [-0.4, -0.2) is 40.3 Å². The molecule has 18 heavy (non-hydrogen) atoms. The van der Waals surface area contributed by atoms with E-state index in [1.165, 1.54) is 19.3 Å². The fraction of sp³-hybridized carbons (Fsp3) is 0.571. The van der Waals surface area contributed by atoms with E-state index in [1.54, 1.807) is 12.1 Å². The van der Waals surface area contributed by atoms with Gasteiger partial charge in [0.1, 0.15) is 0 Å². The third-order valence-electron chi connectivity index (χ3n) is 4.05. The molecule has 0 aliphatic carbocycles. The van der Waals surface area contributed by atoms with Crippen LogP contribution in [0.25, 0.3) is 0 Å². The first-order valence-electron chi connectivity index (χ1n) is 6.70. The van der Waals surface area contributed by atoms with Crippen molar-refractivity contribution in [3.8, 4) is 11.5 Å². The number of benzene rings is 1. The van der Waals surface area contributed by atoms with Gasteiger partial charge in [-0.3, -0.25) is 4.90 Å². The van der Waals surface area contributed by atoms with Crippen LogP contribution in [0.5, 0.6) is 11.5 Å². The summed E-state index contributed by atoms with van der Waals surface area (Å²) in [6, 6.07) is 6.43. The van der Waals surface area contributed by atoms with Crippen molar-refractivity contribution < 1.29 is 10.2 Å². The van der Waals surface area contributed by atoms with Crippen molar-refractivity contribution in [2.45, 2.75) is 37.9 Å². The summed E-state index contributed by atoms with van der Waals surface area (Å²) in [4.78, 5) is 2.43. The Balaban J connectivity index is 1.66. The molecule has 3 N–H and O–H groups in total. The molecule has 0 saturated carbocycles. The summed E-state index contributed by atoms with van der Waals surface area (Å²) >= 11 is 0. The number of aromatic hydroxyl groups is 2. The van der Waals surface area contributed by atoms with E-state index in [2.05, 4.69) is 10.2 Å². The molecule has 2 aliphatic rings. The first-order valence-corrected chi connectivity index (χ1v) is 6.70. The maximum absolute atomic E-state index is 9.51. The van der Waals surface area contributed by atoms with E-state index in [0.717, 1.165) is 25.2 Å². The van der Waals surface area contributed by atoms with Crippen LogP contribution in [0, 0.1) is 0 Å². The Kier molecular flexibility index (Phi) is 3.14. The minimum absolute atomic E-state index is 0.0260. The molecular weight excluding hydrogens is 228 g/mol. The zero-order valence-electron chi connectivity index (χ0n) is 10.5. The number of phenolic OH excluding ortho intramolecular Hbond substituents is 2. The smallest absolute Gasteiger partial charge is 0.157 e. The summed E-state index contributed by atoms with van der Waals surface area (Å²) in [6.07, 6.45) is 3.81. The summed E-state index contributed by atoms with van der Waals surface area (Å²) in [6.45, 7) is 3.03. The molecule has 0 radical (unpaired) electrons. The van der Waals surface area contributed by atoms with E-state index in [9.17, 15) is 10.2 Å². The van der Waals surface area contributed by atoms with Crippen molar-refractivity contribution in [1.29, 1.82) is 0 Å². The number of phenols is 2. The van der Waals surface area contributed by atoms with Gasteiger partial charge < -0.3 is 15.5 Å². The lowest BCUT2D eigenvalue weighted by molar-refractivity contribution is 0.250. The van der Waals surface area contributed by atoms with Gasteiger partial charge in [-0.15, -0.1) is 0 Å². The Bertz CT molecular complexity index is 436. The largest absolute Gasteiger partial charge is 0.504 e. The van der Waals surface area contributed by atoms with Crippen LogP contribution in [0.2, 0.25) is 0 Å². The van der Waals surface area contributed by atoms with Crippen molar-refractivity contribution in [2.24, 2.45) is 0 Å². The lowest BCUT2D eigenvalue weighted by Gasteiger charge is -2.24. The van der Waals surface area contributed by atoms with Gasteiger partial charge in [0.25, 0.3) is 0 Å². The fourth-order valence-corrected chi connectivity index (χ4v) is 3.08. The SMILES string of the molecule is Oc1ccc(CN2CCC3CCC(C2)N3)cc1O. The average Bonchev–Trinajstić information content (AvgIpc) is 2.68. The molecule has 2 heterocycles. The predicted octanol–water partition coefficient (Wildman–Crippen LogP) is 1.42. The molecule has 0 spiro atoms. The Hall–Kier alpha value is -1.26. The topological polar surface area (TPSA) is 55.7 Å². The Labute approximate surface area is 107 Å². The quantitative estimate of drug-likeness (QED) is 0.693. The van der Waals surface area contributed by atoms with Gasteiger partial charge in [-0.1, -0.05) is 6.07 Å². The number of nitrogens with one attached hydrogen (secondary N) is 1. The summed E-state index contributed by atoms with van der Waals surface area (Å²) < 4.78 is 0. The van der Waals surface area contributed by atoms with Crippen molar-refractivity contribution in [1.82, 2.24) is 10.2 Å². The fourth-order valence-electron chi connectivity index (χ4n) is 3.08. The van der Waals surface area contributed by atoms with Crippen LogP contribution in [0.4, 0.5) is 0 Å². The number of fused-ring (bicyclic) bond motifs is 2. The first-order chi connectivity index (χ1) is 8.70. The lowest BCUT2D eigenvalue weighted by Crippen LogP contribution is -2.34. The summed E-state index contributed by atoms with van der Waals surface area (Å²) in [7, 11) is 0. The molecule has 2 saturated heterocycles. The highest BCUT2D eigenvalue weighted by Gasteiger charge is 2.29. The summed E-state index contributed by atoms with van der Waals surface area (Å²) in [5.41, 5.74) is 1.06. The van der Waals surface area contributed by atoms with Crippen molar-refractivity contribution >= 4 is 0 Å². The van der Waals surface area contributed by atoms with E-state index >= 15 is 0 Å². The van der Waals surface area contributed by atoms with Crippen LogP contribution < -0.4 is 5.32 Å². The van der Waals surface area contributed by atoms with E-state index in [1.807, 2.05) is 6.07 Å². The number of nitrogens with zero attached hydrogens (tertiary/aromatic N) is 1. The summed E-state index contributed by atoms with van der Waals surface area (Å²) in [5, 5.41) is 22.5. The van der Waals surface area contributed by atoms with Crippen molar-refractivity contribution in [2.75, 3.05) is 13.1 Å². The molecule has 3 rings (SSSR count). The highest BCUT2D eigenvalue weighted by atomic mass is 16.3. The molecule has 0 aromatic heterocycles. The normalized spacial score (nSPS) is 28.2. The second-order valence-corrected chi connectivity index (χ2v) is 5.48. The van der Waals surface area contributed by atoms with Gasteiger partial charge in [0.2, 0.25) is 0 Å². The molecule has 4 heteroatoms. The van der Waals surface area contributed by atoms with Gasteiger partial charge in [0.05, 0.1) is 0 Å². The molecule has 1 aromatic carbocycles. The Morgan fingerprint density at radius 1 is 1.11 bits per heavy atom. The number of hydrogen-bond donors (Lipinski definition) is 3. The van der Waals surface area contributed by atoms with Crippen LogP contribution in [0.1, 0.15) is 24.8 Å². The number of hydrogen-bond acceptors (Lipinski definition) is 4. The molecule has 4 nitrogen and oxygen atoms in total. The van der Waals surface area contributed by atoms with Gasteiger partial charge in [-0.05, 0) is 37.0 Å². The molecule has 2 aliphatic heterocycles. The monoisotopic (exact) mass is 248 g/mol. The molecule has 98 valence electrons. The minimum Gasteiger partial charge on any atom is -0.504 e. The Morgan fingerprint density at radius 2 is 1.94 bits per heavy atom. The minimum atomic E-state index is -0.0460. The molecule has 2 bridgehead atoms. The second-order valence-electron chi connectivity index (χ2n) is 5.48. The zero-order chi connectivity index (χ0) is 12.5. The predicted molar refractivity (Wildman–Crippen MR) is 69.6 cm³/mol. The zero-order valence-corrected chi connectivity index (χ0v) is 10.5. The molecule has 2 fully saturated rings. The molecule has 0 amide bonds. The van der Waals surface area contributed by atoms with E-state index in [-0.39, 0.29) is 11.5 Å². The van der Waals surface area contributed by atoms with Gasteiger partial charge in [-0.25, -0.2) is 0 Å². The maximum atomic E-state index is 9.51. The average molecular weight is 248 g/mol. The number of rotatable bonds is 2. The van der Waals surface area contributed by atoms with Crippen LogP contribution in [0.3, 0.4) is 0 Å². The van der Waals surface area contributed by atoms with Gasteiger partial charge in [0.15, 0.2) is 11.5 Å². The van der Waals surface area contributed by atoms with Crippen molar-refractivity contribution in [3.63, 3.8) is 0 Å². The van der Waals surface area contributed by atoms with E-state index in [4.69, 9.17) is 0 Å². The highest BCUT2D eigenvalue weighted by Crippen LogP contribution is 2.26. The summed E-state index contributed by atoms with van der Waals surface area (Å²) in [5.74, 6) is -0.0719. The molecular formula is C14H20N2O2.